The van der Waals surface area contributed by atoms with Gasteiger partial charge in [0.25, 0.3) is 0 Å². The second kappa shape index (κ2) is 4.17. The lowest BCUT2D eigenvalue weighted by molar-refractivity contribution is 0.0903. The van der Waals surface area contributed by atoms with E-state index in [9.17, 15) is 5.11 Å². The van der Waals surface area contributed by atoms with Crippen molar-refractivity contribution in [3.8, 4) is 12.3 Å². The number of anilines is 1. The summed E-state index contributed by atoms with van der Waals surface area (Å²) < 4.78 is 0. The summed E-state index contributed by atoms with van der Waals surface area (Å²) in [4.78, 5) is 0. The van der Waals surface area contributed by atoms with Gasteiger partial charge in [-0.25, -0.2) is 0 Å². The van der Waals surface area contributed by atoms with Crippen molar-refractivity contribution >= 4 is 5.69 Å². The first-order chi connectivity index (χ1) is 6.64. The van der Waals surface area contributed by atoms with E-state index in [2.05, 4.69) is 5.92 Å². The van der Waals surface area contributed by atoms with Crippen molar-refractivity contribution < 1.29 is 5.11 Å². The van der Waals surface area contributed by atoms with Crippen molar-refractivity contribution in [2.45, 2.75) is 25.4 Å². The fourth-order valence-corrected chi connectivity index (χ4v) is 1.52. The van der Waals surface area contributed by atoms with E-state index in [1.165, 1.54) is 0 Å². The number of nitrogen functional groups attached to an aromatic ring is 1. The molecular formula is C12H15NO. The molecule has 1 aromatic carbocycles. The number of benzene rings is 1. The van der Waals surface area contributed by atoms with Gasteiger partial charge in [-0.1, -0.05) is 37.5 Å². The van der Waals surface area contributed by atoms with Crippen LogP contribution in [-0.4, -0.2) is 5.11 Å². The zero-order valence-electron chi connectivity index (χ0n) is 8.33. The Labute approximate surface area is 84.8 Å². The lowest BCUT2D eigenvalue weighted by atomic mass is 9.89. The Morgan fingerprint density at radius 2 is 2.14 bits per heavy atom. The van der Waals surface area contributed by atoms with Crippen molar-refractivity contribution in [2.75, 3.05) is 5.73 Å². The highest BCUT2D eigenvalue weighted by Gasteiger charge is 2.27. The average Bonchev–Trinajstić information content (AvgIpc) is 2.18. The Balaban J connectivity index is 3.14. The molecule has 0 fully saturated rings. The van der Waals surface area contributed by atoms with Crippen LogP contribution in [0.25, 0.3) is 0 Å². The number of nitrogens with two attached hydrogens (primary N) is 1. The van der Waals surface area contributed by atoms with Crippen LogP contribution in [0, 0.1) is 12.3 Å². The lowest BCUT2D eigenvalue weighted by Crippen LogP contribution is -2.24. The molecule has 1 rings (SSSR count). The van der Waals surface area contributed by atoms with Gasteiger partial charge in [-0.3, -0.25) is 0 Å². The highest BCUT2D eigenvalue weighted by molar-refractivity contribution is 5.52. The third-order valence-corrected chi connectivity index (χ3v) is 2.26. The van der Waals surface area contributed by atoms with Crippen LogP contribution in [0.2, 0.25) is 0 Å². The van der Waals surface area contributed by atoms with Gasteiger partial charge in [-0.2, -0.15) is 0 Å². The molecule has 74 valence electrons. The van der Waals surface area contributed by atoms with E-state index < -0.39 is 5.60 Å². The van der Waals surface area contributed by atoms with E-state index in [0.29, 0.717) is 17.7 Å². The van der Waals surface area contributed by atoms with Gasteiger partial charge in [0.05, 0.1) is 0 Å². The molecule has 0 aromatic heterocycles. The first kappa shape index (κ1) is 10.6. The molecule has 14 heavy (non-hydrogen) atoms. The fourth-order valence-electron chi connectivity index (χ4n) is 1.52. The zero-order chi connectivity index (χ0) is 10.6. The number of terminal acetylenes is 1. The third kappa shape index (κ3) is 1.89. The van der Waals surface area contributed by atoms with E-state index in [4.69, 9.17) is 12.2 Å². The molecule has 0 amide bonds. The molecule has 2 nitrogen and oxygen atoms in total. The van der Waals surface area contributed by atoms with E-state index in [0.717, 1.165) is 6.42 Å². The number of aliphatic hydroxyl groups is 1. The van der Waals surface area contributed by atoms with Gasteiger partial charge in [0.15, 0.2) is 5.60 Å². The first-order valence-corrected chi connectivity index (χ1v) is 4.69. The second-order valence-corrected chi connectivity index (χ2v) is 3.34. The average molecular weight is 189 g/mol. The van der Waals surface area contributed by atoms with Gasteiger partial charge in [0.1, 0.15) is 0 Å². The molecular weight excluding hydrogens is 174 g/mol. The summed E-state index contributed by atoms with van der Waals surface area (Å²) in [6.07, 6.45) is 6.68. The number of rotatable bonds is 3. The monoisotopic (exact) mass is 189 g/mol. The first-order valence-electron chi connectivity index (χ1n) is 4.69. The van der Waals surface area contributed by atoms with E-state index in [1.54, 1.807) is 12.1 Å². The Hall–Kier alpha value is -1.46. The molecule has 0 bridgehead atoms. The number of para-hydroxylation sites is 1. The number of hydrogen-bond acceptors (Lipinski definition) is 2. The Kier molecular flexibility index (Phi) is 3.16. The fraction of sp³-hybridized carbons (Fsp3) is 0.333. The molecule has 0 heterocycles. The maximum atomic E-state index is 10.2. The molecule has 0 aliphatic carbocycles. The second-order valence-electron chi connectivity index (χ2n) is 3.34. The standard InChI is InChI=1S/C12H15NO/c1-3-9-12(14,4-2)10-7-5-6-8-11(10)13/h2,5-8,14H,3,9,13H2,1H3. The SMILES string of the molecule is C#CC(O)(CCC)c1ccccc1N. The Morgan fingerprint density at radius 3 is 2.64 bits per heavy atom. The molecule has 2 heteroatoms. The topological polar surface area (TPSA) is 46.2 Å². The van der Waals surface area contributed by atoms with E-state index in [-0.39, 0.29) is 0 Å². The summed E-state index contributed by atoms with van der Waals surface area (Å²) in [6.45, 7) is 1.97. The molecule has 0 aliphatic heterocycles. The molecule has 0 spiro atoms. The predicted octanol–water partition coefficient (Wildman–Crippen LogP) is 1.89. The summed E-state index contributed by atoms with van der Waals surface area (Å²) in [5, 5.41) is 10.2. The summed E-state index contributed by atoms with van der Waals surface area (Å²) in [5.41, 5.74) is 5.71. The van der Waals surface area contributed by atoms with Gasteiger partial charge in [0.2, 0.25) is 0 Å². The largest absolute Gasteiger partial charge is 0.398 e. The molecule has 0 radical (unpaired) electrons. The third-order valence-electron chi connectivity index (χ3n) is 2.26. The van der Waals surface area contributed by atoms with Gasteiger partial charge < -0.3 is 10.8 Å². The van der Waals surface area contributed by atoms with Crippen molar-refractivity contribution in [3.05, 3.63) is 29.8 Å². The minimum absolute atomic E-state index is 0.526. The van der Waals surface area contributed by atoms with Crippen LogP contribution in [0.5, 0.6) is 0 Å². The summed E-state index contributed by atoms with van der Waals surface area (Å²) in [6, 6.07) is 7.16. The molecule has 1 unspecified atom stereocenters. The van der Waals surface area contributed by atoms with Crippen LogP contribution in [-0.2, 0) is 5.60 Å². The van der Waals surface area contributed by atoms with Gasteiger partial charge in [-0.15, -0.1) is 6.42 Å². The van der Waals surface area contributed by atoms with E-state index in [1.807, 2.05) is 19.1 Å². The van der Waals surface area contributed by atoms with Crippen LogP contribution in [0.3, 0.4) is 0 Å². The van der Waals surface area contributed by atoms with Crippen molar-refractivity contribution in [3.63, 3.8) is 0 Å². The lowest BCUT2D eigenvalue weighted by Gasteiger charge is -2.23. The smallest absolute Gasteiger partial charge is 0.152 e. The van der Waals surface area contributed by atoms with E-state index >= 15 is 0 Å². The van der Waals surface area contributed by atoms with Gasteiger partial charge in [-0.05, 0) is 12.5 Å². The van der Waals surface area contributed by atoms with Crippen molar-refractivity contribution in [1.29, 1.82) is 0 Å². The molecule has 1 atom stereocenters. The van der Waals surface area contributed by atoms with Crippen molar-refractivity contribution in [2.24, 2.45) is 0 Å². The minimum Gasteiger partial charge on any atom is -0.398 e. The van der Waals surface area contributed by atoms with Crippen LogP contribution < -0.4 is 5.73 Å². The molecule has 3 N–H and O–H groups in total. The Bertz CT molecular complexity index is 354. The highest BCUT2D eigenvalue weighted by Crippen LogP contribution is 2.29. The normalized spacial score (nSPS) is 14.4. The minimum atomic E-state index is -1.22. The molecule has 0 aliphatic rings. The summed E-state index contributed by atoms with van der Waals surface area (Å²) in [7, 11) is 0. The van der Waals surface area contributed by atoms with Gasteiger partial charge in [0, 0.05) is 11.3 Å². The zero-order valence-corrected chi connectivity index (χ0v) is 8.33. The van der Waals surface area contributed by atoms with Crippen LogP contribution >= 0.6 is 0 Å². The van der Waals surface area contributed by atoms with Crippen LogP contribution in [0.1, 0.15) is 25.3 Å². The maximum Gasteiger partial charge on any atom is 0.152 e. The summed E-state index contributed by atoms with van der Waals surface area (Å²) >= 11 is 0. The number of hydrogen-bond donors (Lipinski definition) is 2. The quantitative estimate of drug-likeness (QED) is 0.563. The Morgan fingerprint density at radius 1 is 1.50 bits per heavy atom. The predicted molar refractivity (Wildman–Crippen MR) is 58.5 cm³/mol. The molecule has 0 saturated heterocycles. The van der Waals surface area contributed by atoms with Crippen LogP contribution in [0.4, 0.5) is 5.69 Å². The highest BCUT2D eigenvalue weighted by atomic mass is 16.3. The molecule has 1 aromatic rings. The van der Waals surface area contributed by atoms with Crippen LogP contribution in [0.15, 0.2) is 24.3 Å². The summed E-state index contributed by atoms with van der Waals surface area (Å²) in [5.74, 6) is 2.41. The molecule has 0 saturated carbocycles. The van der Waals surface area contributed by atoms with Gasteiger partial charge >= 0.3 is 0 Å². The maximum absolute atomic E-state index is 10.2. The van der Waals surface area contributed by atoms with Crippen molar-refractivity contribution in [1.82, 2.24) is 0 Å².